The molecule has 4 aromatic carbocycles. The van der Waals surface area contributed by atoms with Crippen LogP contribution < -0.4 is 0 Å². The molecule has 20 heavy (non-hydrogen) atoms. The highest BCUT2D eigenvalue weighted by Crippen LogP contribution is 2.29. The van der Waals surface area contributed by atoms with Gasteiger partial charge in [-0.2, -0.15) is 0 Å². The fourth-order valence-corrected chi connectivity index (χ4v) is 2.70. The third-order valence-electron chi connectivity index (χ3n) is 3.61. The van der Waals surface area contributed by atoms with E-state index < -0.39 is 0 Å². The Bertz CT molecular complexity index is 866. The van der Waals surface area contributed by atoms with Gasteiger partial charge >= 0.3 is 0 Å². The maximum absolute atomic E-state index is 2.30. The number of hydrogen-bond acceptors (Lipinski definition) is 0. The molecule has 0 bridgehead atoms. The number of benzene rings is 4. The zero-order chi connectivity index (χ0) is 11.9. The van der Waals surface area contributed by atoms with E-state index in [1.165, 1.54) is 32.3 Å². The van der Waals surface area contributed by atoms with Gasteiger partial charge in [-0.1, -0.05) is 75.5 Å². The molecule has 0 heteroatoms. The van der Waals surface area contributed by atoms with E-state index in [9.17, 15) is 0 Å². The Morgan fingerprint density at radius 1 is 0.400 bits per heavy atom. The van der Waals surface area contributed by atoms with Crippen LogP contribution in [0.4, 0.5) is 0 Å². The first-order valence-electron chi connectivity index (χ1n) is 6.22. The molecular formula is C20H20. The molecule has 0 radical (unpaired) electrons. The van der Waals surface area contributed by atoms with Gasteiger partial charge in [-0.05, 0) is 44.5 Å². The minimum atomic E-state index is 0. The molecule has 0 nitrogen and oxygen atoms in total. The van der Waals surface area contributed by atoms with Gasteiger partial charge in [0.25, 0.3) is 0 Å². The molecule has 0 amide bonds. The summed E-state index contributed by atoms with van der Waals surface area (Å²) in [5.41, 5.74) is 0. The predicted octanol–water partition coefficient (Wildman–Crippen LogP) is 6.42. The Hall–Kier alpha value is -2.34. The van der Waals surface area contributed by atoms with E-state index in [0.29, 0.717) is 0 Å². The summed E-state index contributed by atoms with van der Waals surface area (Å²) in [4.78, 5) is 0. The second-order valence-corrected chi connectivity index (χ2v) is 4.71. The van der Waals surface area contributed by atoms with Crippen LogP contribution in [0.2, 0.25) is 0 Å². The van der Waals surface area contributed by atoms with Crippen LogP contribution in [0.1, 0.15) is 14.9 Å². The van der Waals surface area contributed by atoms with Crippen LogP contribution in [0.3, 0.4) is 0 Å². The second-order valence-electron chi connectivity index (χ2n) is 4.71. The van der Waals surface area contributed by atoms with Gasteiger partial charge in [0.1, 0.15) is 0 Å². The molecule has 0 saturated heterocycles. The SMILES string of the molecule is C.C.c1ccc2cc3c(ccc4ccccc43)cc2c1. The van der Waals surface area contributed by atoms with Gasteiger partial charge in [0, 0.05) is 0 Å². The maximum Gasteiger partial charge on any atom is -0.00990 e. The molecule has 0 fully saturated rings. The number of rotatable bonds is 0. The standard InChI is InChI=1S/C18H12.2CH4/c1-2-7-15-12-18-16(11-14(15)6-1)10-9-13-5-3-4-8-17(13)18;;/h1-12H;2*1H4. The monoisotopic (exact) mass is 260 g/mol. The molecule has 0 atom stereocenters. The topological polar surface area (TPSA) is 0 Å². The fourth-order valence-electron chi connectivity index (χ4n) is 2.70. The molecule has 0 aliphatic carbocycles. The minimum Gasteiger partial charge on any atom is -0.0776 e. The lowest BCUT2D eigenvalue weighted by Gasteiger charge is -2.06. The highest BCUT2D eigenvalue weighted by molar-refractivity contribution is 6.11. The highest BCUT2D eigenvalue weighted by atomic mass is 14.1. The van der Waals surface area contributed by atoms with Crippen molar-refractivity contribution in [3.05, 3.63) is 72.8 Å². The Kier molecular flexibility index (Phi) is 3.76. The van der Waals surface area contributed by atoms with E-state index in [2.05, 4.69) is 72.8 Å². The molecule has 0 N–H and O–H groups in total. The van der Waals surface area contributed by atoms with Crippen molar-refractivity contribution in [1.82, 2.24) is 0 Å². The molecule has 0 aromatic heterocycles. The zero-order valence-corrected chi connectivity index (χ0v) is 9.93. The van der Waals surface area contributed by atoms with Gasteiger partial charge in [0.2, 0.25) is 0 Å². The molecule has 0 aliphatic rings. The predicted molar refractivity (Wildman–Crippen MR) is 92.4 cm³/mol. The van der Waals surface area contributed by atoms with Gasteiger partial charge in [0.05, 0.1) is 0 Å². The van der Waals surface area contributed by atoms with Crippen molar-refractivity contribution in [2.75, 3.05) is 0 Å². The summed E-state index contributed by atoms with van der Waals surface area (Å²) in [6.45, 7) is 0. The van der Waals surface area contributed by atoms with Gasteiger partial charge in [0.15, 0.2) is 0 Å². The summed E-state index contributed by atoms with van der Waals surface area (Å²) < 4.78 is 0. The summed E-state index contributed by atoms with van der Waals surface area (Å²) in [7, 11) is 0. The van der Waals surface area contributed by atoms with Crippen molar-refractivity contribution < 1.29 is 0 Å². The lowest BCUT2D eigenvalue weighted by Crippen LogP contribution is -1.79. The van der Waals surface area contributed by atoms with Crippen LogP contribution in [-0.2, 0) is 0 Å². The molecule has 100 valence electrons. The fraction of sp³-hybridized carbons (Fsp3) is 0.100. The van der Waals surface area contributed by atoms with Crippen molar-refractivity contribution >= 4 is 32.3 Å². The molecule has 0 saturated carbocycles. The molecule has 0 aliphatic heterocycles. The summed E-state index contributed by atoms with van der Waals surface area (Å²) in [6.07, 6.45) is 0. The first-order chi connectivity index (χ1) is 8.92. The highest BCUT2D eigenvalue weighted by Gasteiger charge is 2.01. The van der Waals surface area contributed by atoms with E-state index in [0.717, 1.165) is 0 Å². The lowest BCUT2D eigenvalue weighted by atomic mass is 9.98. The molecule has 0 unspecified atom stereocenters. The minimum absolute atomic E-state index is 0. The molecular weight excluding hydrogens is 240 g/mol. The van der Waals surface area contributed by atoms with Crippen LogP contribution in [0.15, 0.2) is 72.8 Å². The summed E-state index contributed by atoms with van der Waals surface area (Å²) in [5.74, 6) is 0. The van der Waals surface area contributed by atoms with Crippen LogP contribution in [-0.4, -0.2) is 0 Å². The van der Waals surface area contributed by atoms with Crippen molar-refractivity contribution in [3.63, 3.8) is 0 Å². The summed E-state index contributed by atoms with van der Waals surface area (Å²) in [6, 6.07) is 26.1. The normalized spacial score (nSPS) is 10.2. The van der Waals surface area contributed by atoms with Crippen molar-refractivity contribution in [2.24, 2.45) is 0 Å². The molecule has 4 aromatic rings. The first kappa shape index (κ1) is 14.1. The van der Waals surface area contributed by atoms with E-state index in [-0.39, 0.29) is 14.9 Å². The van der Waals surface area contributed by atoms with Crippen LogP contribution in [0.5, 0.6) is 0 Å². The maximum atomic E-state index is 2.30. The second kappa shape index (κ2) is 5.34. The summed E-state index contributed by atoms with van der Waals surface area (Å²) >= 11 is 0. The largest absolute Gasteiger partial charge is 0.0776 e. The van der Waals surface area contributed by atoms with Gasteiger partial charge in [-0.15, -0.1) is 0 Å². The lowest BCUT2D eigenvalue weighted by molar-refractivity contribution is 1.77. The number of fused-ring (bicyclic) bond motifs is 4. The zero-order valence-electron chi connectivity index (χ0n) is 9.93. The van der Waals surface area contributed by atoms with Gasteiger partial charge in [-0.3, -0.25) is 0 Å². The van der Waals surface area contributed by atoms with E-state index in [1.54, 1.807) is 0 Å². The van der Waals surface area contributed by atoms with Crippen molar-refractivity contribution in [3.8, 4) is 0 Å². The van der Waals surface area contributed by atoms with Crippen LogP contribution >= 0.6 is 0 Å². The Morgan fingerprint density at radius 2 is 0.950 bits per heavy atom. The molecule has 0 spiro atoms. The Morgan fingerprint density at radius 3 is 1.70 bits per heavy atom. The van der Waals surface area contributed by atoms with Crippen molar-refractivity contribution in [2.45, 2.75) is 14.9 Å². The first-order valence-corrected chi connectivity index (χ1v) is 6.22. The van der Waals surface area contributed by atoms with Gasteiger partial charge in [-0.25, -0.2) is 0 Å². The average molecular weight is 260 g/mol. The van der Waals surface area contributed by atoms with E-state index in [4.69, 9.17) is 0 Å². The smallest absolute Gasteiger partial charge is 0.00990 e. The quantitative estimate of drug-likeness (QED) is 0.253. The van der Waals surface area contributed by atoms with Crippen LogP contribution in [0.25, 0.3) is 32.3 Å². The average Bonchev–Trinajstić information content (AvgIpc) is 2.45. The molecule has 4 rings (SSSR count). The van der Waals surface area contributed by atoms with E-state index >= 15 is 0 Å². The Labute approximate surface area is 120 Å². The summed E-state index contributed by atoms with van der Waals surface area (Å²) in [5, 5.41) is 7.90. The van der Waals surface area contributed by atoms with Crippen molar-refractivity contribution in [1.29, 1.82) is 0 Å². The number of hydrogen-bond donors (Lipinski definition) is 0. The van der Waals surface area contributed by atoms with Gasteiger partial charge < -0.3 is 0 Å². The third-order valence-corrected chi connectivity index (χ3v) is 3.61. The Balaban J connectivity index is 0.000000735. The van der Waals surface area contributed by atoms with E-state index in [1.807, 2.05) is 0 Å². The van der Waals surface area contributed by atoms with Crippen LogP contribution in [0, 0.1) is 0 Å². The molecule has 0 heterocycles. The third kappa shape index (κ3) is 2.04.